The predicted molar refractivity (Wildman–Crippen MR) is 114 cm³/mol. The van der Waals surface area contributed by atoms with Crippen molar-refractivity contribution in [2.24, 2.45) is 0 Å². The number of aromatic nitrogens is 2. The average Bonchev–Trinajstić information content (AvgIpc) is 2.69. The Morgan fingerprint density at radius 3 is 2.29 bits per heavy atom. The van der Waals surface area contributed by atoms with Gasteiger partial charge in [0, 0.05) is 17.4 Å². The fourth-order valence-electron chi connectivity index (χ4n) is 2.70. The molecule has 1 atom stereocenters. The molecule has 0 spiro atoms. The van der Waals surface area contributed by atoms with Gasteiger partial charge in [-0.1, -0.05) is 0 Å². The number of amides is 1. The Morgan fingerprint density at radius 2 is 1.68 bits per heavy atom. The molecule has 2 N–H and O–H groups in total. The van der Waals surface area contributed by atoms with Gasteiger partial charge in [0.15, 0.2) is 6.10 Å². The molecular formula is C21H21FN4O4S. The highest BCUT2D eigenvalue weighted by Crippen LogP contribution is 2.19. The highest BCUT2D eigenvalue weighted by atomic mass is 32.2. The van der Waals surface area contributed by atoms with E-state index in [1.807, 2.05) is 0 Å². The molecule has 162 valence electrons. The van der Waals surface area contributed by atoms with Crippen LogP contribution in [0.25, 0.3) is 0 Å². The first-order valence-corrected chi connectivity index (χ1v) is 10.8. The van der Waals surface area contributed by atoms with E-state index in [1.54, 1.807) is 20.8 Å². The molecule has 1 heterocycles. The molecule has 3 aromatic rings. The topological polar surface area (TPSA) is 110 Å². The Balaban J connectivity index is 1.64. The Labute approximate surface area is 179 Å². The van der Waals surface area contributed by atoms with Crippen molar-refractivity contribution in [1.82, 2.24) is 9.97 Å². The van der Waals surface area contributed by atoms with Gasteiger partial charge in [-0.15, -0.1) is 0 Å². The van der Waals surface area contributed by atoms with E-state index >= 15 is 0 Å². The van der Waals surface area contributed by atoms with Crippen molar-refractivity contribution in [2.45, 2.75) is 31.8 Å². The number of anilines is 2. The number of sulfonamides is 1. The molecule has 2 aromatic carbocycles. The van der Waals surface area contributed by atoms with Crippen molar-refractivity contribution in [3.8, 4) is 5.75 Å². The zero-order valence-corrected chi connectivity index (χ0v) is 17.9. The first kappa shape index (κ1) is 22.2. The third-order valence-electron chi connectivity index (χ3n) is 4.13. The lowest BCUT2D eigenvalue weighted by molar-refractivity contribution is -0.122. The number of benzene rings is 2. The maximum absolute atomic E-state index is 13.0. The standard InChI is InChI=1S/C21H21FN4O4S/c1-13-12-20(24-15(3)23-13)26-31(28,29)19-10-6-17(7-11-19)25-21(27)14(2)30-18-8-4-16(22)5-9-18/h4-12,14H,1-3H3,(H,25,27)(H,23,24,26). The molecular weight excluding hydrogens is 423 g/mol. The number of aryl methyl sites for hydroxylation is 2. The summed E-state index contributed by atoms with van der Waals surface area (Å²) in [6.07, 6.45) is -0.847. The Hall–Kier alpha value is -3.53. The number of nitrogens with zero attached hydrogens (tertiary/aromatic N) is 2. The van der Waals surface area contributed by atoms with Crippen LogP contribution in [0.5, 0.6) is 5.75 Å². The van der Waals surface area contributed by atoms with Crippen molar-refractivity contribution in [3.63, 3.8) is 0 Å². The summed E-state index contributed by atoms with van der Waals surface area (Å²) >= 11 is 0. The third-order valence-corrected chi connectivity index (χ3v) is 5.50. The van der Waals surface area contributed by atoms with Crippen LogP contribution in [0.4, 0.5) is 15.9 Å². The summed E-state index contributed by atoms with van der Waals surface area (Å²) in [5, 5.41) is 2.64. The van der Waals surface area contributed by atoms with Crippen LogP contribution in [0, 0.1) is 19.7 Å². The molecule has 0 aliphatic heterocycles. The monoisotopic (exact) mass is 444 g/mol. The molecule has 0 aliphatic rings. The van der Waals surface area contributed by atoms with Crippen LogP contribution in [0.3, 0.4) is 0 Å². The summed E-state index contributed by atoms with van der Waals surface area (Å²) in [5.41, 5.74) is 1.03. The Morgan fingerprint density at radius 1 is 1.03 bits per heavy atom. The maximum atomic E-state index is 13.0. The molecule has 0 fully saturated rings. The number of carbonyl (C=O) groups is 1. The molecule has 1 amide bonds. The molecule has 1 unspecified atom stereocenters. The summed E-state index contributed by atoms with van der Waals surface area (Å²) in [4.78, 5) is 20.5. The molecule has 0 aliphatic carbocycles. The van der Waals surface area contributed by atoms with E-state index in [0.717, 1.165) is 0 Å². The SMILES string of the molecule is Cc1cc(NS(=O)(=O)c2ccc(NC(=O)C(C)Oc3ccc(F)cc3)cc2)nc(C)n1. The van der Waals surface area contributed by atoms with Crippen molar-refractivity contribution < 1.29 is 22.3 Å². The van der Waals surface area contributed by atoms with Crippen LogP contribution in [-0.4, -0.2) is 30.4 Å². The van der Waals surface area contributed by atoms with Gasteiger partial charge in [-0.3, -0.25) is 9.52 Å². The Bertz CT molecular complexity index is 1160. The van der Waals surface area contributed by atoms with Crippen molar-refractivity contribution in [1.29, 1.82) is 0 Å². The molecule has 1 aromatic heterocycles. The van der Waals surface area contributed by atoms with Crippen LogP contribution in [0.15, 0.2) is 59.5 Å². The van der Waals surface area contributed by atoms with E-state index < -0.39 is 27.9 Å². The van der Waals surface area contributed by atoms with Gasteiger partial charge in [0.1, 0.15) is 23.2 Å². The number of hydrogen-bond acceptors (Lipinski definition) is 6. The number of halogens is 1. The normalized spacial score (nSPS) is 12.1. The van der Waals surface area contributed by atoms with Gasteiger partial charge in [0.05, 0.1) is 4.90 Å². The lowest BCUT2D eigenvalue weighted by Crippen LogP contribution is -2.30. The second kappa shape index (κ2) is 9.09. The van der Waals surface area contributed by atoms with Gasteiger partial charge in [0.2, 0.25) is 0 Å². The maximum Gasteiger partial charge on any atom is 0.265 e. The Kier molecular flexibility index (Phi) is 6.50. The number of carbonyl (C=O) groups excluding carboxylic acids is 1. The zero-order chi connectivity index (χ0) is 22.6. The van der Waals surface area contributed by atoms with Gasteiger partial charge < -0.3 is 10.1 Å². The van der Waals surface area contributed by atoms with E-state index in [1.165, 1.54) is 54.6 Å². The first-order chi connectivity index (χ1) is 14.6. The van der Waals surface area contributed by atoms with Crippen molar-refractivity contribution >= 4 is 27.4 Å². The van der Waals surface area contributed by atoms with Crippen LogP contribution in [-0.2, 0) is 14.8 Å². The van der Waals surface area contributed by atoms with E-state index in [-0.39, 0.29) is 10.7 Å². The minimum absolute atomic E-state index is 0.00929. The fourth-order valence-corrected chi connectivity index (χ4v) is 3.69. The molecule has 10 heteroatoms. The van der Waals surface area contributed by atoms with E-state index in [4.69, 9.17) is 4.74 Å². The second-order valence-electron chi connectivity index (χ2n) is 6.77. The molecule has 31 heavy (non-hydrogen) atoms. The van der Waals surface area contributed by atoms with Crippen LogP contribution < -0.4 is 14.8 Å². The first-order valence-electron chi connectivity index (χ1n) is 9.31. The third kappa shape index (κ3) is 5.98. The number of ether oxygens (including phenoxy) is 1. The van der Waals surface area contributed by atoms with Crippen LogP contribution >= 0.6 is 0 Å². The van der Waals surface area contributed by atoms with Gasteiger partial charge in [-0.25, -0.2) is 22.8 Å². The molecule has 8 nitrogen and oxygen atoms in total. The minimum atomic E-state index is -3.86. The van der Waals surface area contributed by atoms with Gasteiger partial charge in [-0.05, 0) is 69.3 Å². The molecule has 0 bridgehead atoms. The second-order valence-corrected chi connectivity index (χ2v) is 8.46. The van der Waals surface area contributed by atoms with Crippen molar-refractivity contribution in [2.75, 3.05) is 10.0 Å². The lowest BCUT2D eigenvalue weighted by Gasteiger charge is -2.15. The van der Waals surface area contributed by atoms with Crippen LogP contribution in [0.2, 0.25) is 0 Å². The summed E-state index contributed by atoms with van der Waals surface area (Å²) in [6.45, 7) is 4.96. The predicted octanol–water partition coefficient (Wildman–Crippen LogP) is 3.44. The minimum Gasteiger partial charge on any atom is -0.481 e. The van der Waals surface area contributed by atoms with Gasteiger partial charge >= 0.3 is 0 Å². The summed E-state index contributed by atoms with van der Waals surface area (Å²) in [5.74, 6) is 0.137. The van der Waals surface area contributed by atoms with E-state index in [2.05, 4.69) is 20.0 Å². The highest BCUT2D eigenvalue weighted by Gasteiger charge is 2.18. The number of nitrogens with one attached hydrogen (secondary N) is 2. The summed E-state index contributed by atoms with van der Waals surface area (Å²) in [7, 11) is -3.86. The average molecular weight is 444 g/mol. The van der Waals surface area contributed by atoms with E-state index in [9.17, 15) is 17.6 Å². The summed E-state index contributed by atoms with van der Waals surface area (Å²) in [6, 6.07) is 12.5. The fraction of sp³-hybridized carbons (Fsp3) is 0.190. The van der Waals surface area contributed by atoms with E-state index in [0.29, 0.717) is 23.0 Å². The molecule has 0 saturated carbocycles. The lowest BCUT2D eigenvalue weighted by atomic mass is 10.3. The van der Waals surface area contributed by atoms with Gasteiger partial charge in [-0.2, -0.15) is 0 Å². The number of rotatable bonds is 7. The molecule has 0 radical (unpaired) electrons. The summed E-state index contributed by atoms with van der Waals surface area (Å²) < 4.78 is 46.0. The highest BCUT2D eigenvalue weighted by molar-refractivity contribution is 7.92. The van der Waals surface area contributed by atoms with Crippen LogP contribution in [0.1, 0.15) is 18.4 Å². The largest absolute Gasteiger partial charge is 0.481 e. The van der Waals surface area contributed by atoms with Crippen molar-refractivity contribution in [3.05, 3.63) is 71.9 Å². The molecule has 0 saturated heterocycles. The zero-order valence-electron chi connectivity index (χ0n) is 17.1. The smallest absolute Gasteiger partial charge is 0.265 e. The van der Waals surface area contributed by atoms with Gasteiger partial charge in [0.25, 0.3) is 15.9 Å². The number of hydrogen-bond donors (Lipinski definition) is 2. The quantitative estimate of drug-likeness (QED) is 0.578. The molecule has 3 rings (SSSR count).